The lowest BCUT2D eigenvalue weighted by Crippen LogP contribution is -2.26. The second kappa shape index (κ2) is 7.08. The van der Waals surface area contributed by atoms with Gasteiger partial charge in [-0.05, 0) is 24.2 Å². The van der Waals surface area contributed by atoms with Crippen LogP contribution in [0.25, 0.3) is 0 Å². The van der Waals surface area contributed by atoms with Gasteiger partial charge < -0.3 is 25.3 Å². The van der Waals surface area contributed by atoms with Crippen molar-refractivity contribution in [2.24, 2.45) is 5.73 Å². The molecule has 1 unspecified atom stereocenters. The van der Waals surface area contributed by atoms with Gasteiger partial charge in [-0.1, -0.05) is 6.92 Å². The van der Waals surface area contributed by atoms with Crippen molar-refractivity contribution in [3.63, 3.8) is 0 Å². The summed E-state index contributed by atoms with van der Waals surface area (Å²) < 4.78 is 15.9. The van der Waals surface area contributed by atoms with Gasteiger partial charge in [-0.3, -0.25) is 0 Å². The van der Waals surface area contributed by atoms with E-state index in [1.165, 1.54) is 0 Å². The molecule has 102 valence electrons. The van der Waals surface area contributed by atoms with E-state index in [4.69, 9.17) is 19.9 Å². The first kappa shape index (κ1) is 14.6. The Hall–Kier alpha value is -1.46. The van der Waals surface area contributed by atoms with Gasteiger partial charge in [0.1, 0.15) is 0 Å². The molecule has 0 spiro atoms. The van der Waals surface area contributed by atoms with Crippen molar-refractivity contribution in [1.29, 1.82) is 0 Å². The first-order valence-corrected chi connectivity index (χ1v) is 5.94. The predicted octanol–water partition coefficient (Wildman–Crippen LogP) is 1.32. The van der Waals surface area contributed by atoms with E-state index in [9.17, 15) is 0 Å². The minimum absolute atomic E-state index is 0.112. The van der Waals surface area contributed by atoms with E-state index in [1.54, 1.807) is 21.3 Å². The lowest BCUT2D eigenvalue weighted by molar-refractivity contribution is 0.323. The van der Waals surface area contributed by atoms with Gasteiger partial charge in [-0.25, -0.2) is 0 Å². The van der Waals surface area contributed by atoms with E-state index in [-0.39, 0.29) is 6.04 Å². The van der Waals surface area contributed by atoms with Gasteiger partial charge in [0, 0.05) is 12.6 Å². The van der Waals surface area contributed by atoms with Crippen LogP contribution in [0.2, 0.25) is 0 Å². The first-order chi connectivity index (χ1) is 8.67. The number of hydrogen-bond donors (Lipinski definition) is 2. The minimum Gasteiger partial charge on any atom is -0.493 e. The lowest BCUT2D eigenvalue weighted by atomic mass is 10.1. The molecule has 0 aliphatic rings. The van der Waals surface area contributed by atoms with Crippen molar-refractivity contribution in [1.82, 2.24) is 5.32 Å². The van der Waals surface area contributed by atoms with Crippen LogP contribution < -0.4 is 25.3 Å². The smallest absolute Gasteiger partial charge is 0.203 e. The van der Waals surface area contributed by atoms with Crippen LogP contribution in [0.5, 0.6) is 17.2 Å². The Morgan fingerprint density at radius 2 is 1.67 bits per heavy atom. The number of methoxy groups -OCH3 is 3. The predicted molar refractivity (Wildman–Crippen MR) is 71.6 cm³/mol. The molecule has 0 radical (unpaired) electrons. The number of hydrogen-bond acceptors (Lipinski definition) is 5. The van der Waals surface area contributed by atoms with Crippen LogP contribution in [0.3, 0.4) is 0 Å². The summed E-state index contributed by atoms with van der Waals surface area (Å²) in [7, 11) is 4.77. The second-order valence-electron chi connectivity index (χ2n) is 3.87. The lowest BCUT2D eigenvalue weighted by Gasteiger charge is -2.17. The van der Waals surface area contributed by atoms with Crippen LogP contribution in [0, 0.1) is 0 Å². The number of benzene rings is 1. The molecule has 0 aromatic heterocycles. The van der Waals surface area contributed by atoms with Crippen molar-refractivity contribution >= 4 is 0 Å². The number of nitrogens with one attached hydrogen (secondary N) is 1. The SMILES string of the molecule is CCNCC(N)c1cc(OC)c(OC)c(OC)c1. The van der Waals surface area contributed by atoms with Crippen molar-refractivity contribution in [3.8, 4) is 17.2 Å². The minimum atomic E-state index is -0.112. The number of nitrogens with two attached hydrogens (primary N) is 1. The zero-order valence-corrected chi connectivity index (χ0v) is 11.4. The molecule has 1 rings (SSSR count). The summed E-state index contributed by atoms with van der Waals surface area (Å²) in [5.74, 6) is 1.83. The maximum absolute atomic E-state index is 6.11. The summed E-state index contributed by atoms with van der Waals surface area (Å²) in [5.41, 5.74) is 7.05. The fourth-order valence-corrected chi connectivity index (χ4v) is 1.73. The third-order valence-electron chi connectivity index (χ3n) is 2.73. The fraction of sp³-hybridized carbons (Fsp3) is 0.538. The normalized spacial score (nSPS) is 12.1. The molecule has 1 aromatic carbocycles. The van der Waals surface area contributed by atoms with E-state index in [2.05, 4.69) is 5.32 Å². The highest BCUT2D eigenvalue weighted by atomic mass is 16.5. The second-order valence-corrected chi connectivity index (χ2v) is 3.87. The van der Waals surface area contributed by atoms with E-state index in [0.29, 0.717) is 23.8 Å². The molecule has 0 saturated heterocycles. The van der Waals surface area contributed by atoms with Crippen molar-refractivity contribution in [3.05, 3.63) is 17.7 Å². The van der Waals surface area contributed by atoms with E-state index in [1.807, 2.05) is 19.1 Å². The highest BCUT2D eigenvalue weighted by Crippen LogP contribution is 2.39. The Kier molecular flexibility index (Phi) is 5.74. The maximum Gasteiger partial charge on any atom is 0.203 e. The molecular weight excluding hydrogens is 232 g/mol. The van der Waals surface area contributed by atoms with Crippen molar-refractivity contribution in [2.45, 2.75) is 13.0 Å². The van der Waals surface area contributed by atoms with E-state index in [0.717, 1.165) is 12.1 Å². The molecule has 0 heterocycles. The Morgan fingerprint density at radius 3 is 2.06 bits per heavy atom. The number of ether oxygens (including phenoxy) is 3. The van der Waals surface area contributed by atoms with E-state index < -0.39 is 0 Å². The zero-order chi connectivity index (χ0) is 13.5. The summed E-state index contributed by atoms with van der Waals surface area (Å²) in [6.45, 7) is 3.63. The quantitative estimate of drug-likeness (QED) is 0.768. The Balaban J connectivity index is 3.06. The van der Waals surface area contributed by atoms with Gasteiger partial charge in [0.25, 0.3) is 0 Å². The van der Waals surface area contributed by atoms with Gasteiger partial charge >= 0.3 is 0 Å². The largest absolute Gasteiger partial charge is 0.493 e. The molecular formula is C13H22N2O3. The van der Waals surface area contributed by atoms with Crippen LogP contribution in [0.15, 0.2) is 12.1 Å². The molecule has 3 N–H and O–H groups in total. The highest BCUT2D eigenvalue weighted by Gasteiger charge is 2.16. The maximum atomic E-state index is 6.11. The molecule has 0 saturated carbocycles. The molecule has 1 aromatic rings. The number of rotatable bonds is 7. The average molecular weight is 254 g/mol. The van der Waals surface area contributed by atoms with Crippen LogP contribution in [0.1, 0.15) is 18.5 Å². The molecule has 0 aliphatic heterocycles. The Labute approximate surface area is 108 Å². The molecule has 0 fully saturated rings. The standard InChI is InChI=1S/C13H22N2O3/c1-5-15-8-10(14)9-6-11(16-2)13(18-4)12(7-9)17-3/h6-7,10,15H,5,8,14H2,1-4H3. The Morgan fingerprint density at radius 1 is 1.11 bits per heavy atom. The fourth-order valence-electron chi connectivity index (χ4n) is 1.73. The molecule has 0 amide bonds. The summed E-state index contributed by atoms with van der Waals surface area (Å²) >= 11 is 0. The summed E-state index contributed by atoms with van der Waals surface area (Å²) in [6, 6.07) is 3.64. The molecule has 5 nitrogen and oxygen atoms in total. The third kappa shape index (κ3) is 3.27. The molecule has 18 heavy (non-hydrogen) atoms. The van der Waals surface area contributed by atoms with Crippen LogP contribution in [-0.2, 0) is 0 Å². The van der Waals surface area contributed by atoms with Gasteiger partial charge in [0.05, 0.1) is 21.3 Å². The van der Waals surface area contributed by atoms with Gasteiger partial charge in [-0.2, -0.15) is 0 Å². The van der Waals surface area contributed by atoms with Crippen LogP contribution in [-0.4, -0.2) is 34.4 Å². The van der Waals surface area contributed by atoms with Crippen LogP contribution >= 0.6 is 0 Å². The van der Waals surface area contributed by atoms with Crippen molar-refractivity contribution < 1.29 is 14.2 Å². The Bertz CT molecular complexity index is 357. The van der Waals surface area contributed by atoms with E-state index >= 15 is 0 Å². The first-order valence-electron chi connectivity index (χ1n) is 5.94. The summed E-state index contributed by atoms with van der Waals surface area (Å²) in [4.78, 5) is 0. The van der Waals surface area contributed by atoms with Gasteiger partial charge in [0.2, 0.25) is 5.75 Å². The molecule has 5 heteroatoms. The van der Waals surface area contributed by atoms with Gasteiger partial charge in [-0.15, -0.1) is 0 Å². The molecule has 1 atom stereocenters. The third-order valence-corrected chi connectivity index (χ3v) is 2.73. The highest BCUT2D eigenvalue weighted by molar-refractivity contribution is 5.54. The molecule has 0 bridgehead atoms. The molecule has 0 aliphatic carbocycles. The van der Waals surface area contributed by atoms with Crippen molar-refractivity contribution in [2.75, 3.05) is 34.4 Å². The zero-order valence-electron chi connectivity index (χ0n) is 11.4. The number of likely N-dealkylation sites (N-methyl/N-ethyl adjacent to an activating group) is 1. The monoisotopic (exact) mass is 254 g/mol. The topological polar surface area (TPSA) is 65.7 Å². The van der Waals surface area contributed by atoms with Crippen LogP contribution in [0.4, 0.5) is 0 Å². The summed E-state index contributed by atoms with van der Waals surface area (Å²) in [5, 5.41) is 3.21. The average Bonchev–Trinajstić information content (AvgIpc) is 2.42. The summed E-state index contributed by atoms with van der Waals surface area (Å²) in [6.07, 6.45) is 0. The van der Waals surface area contributed by atoms with Gasteiger partial charge in [0.15, 0.2) is 11.5 Å².